The van der Waals surface area contributed by atoms with E-state index in [0.717, 1.165) is 16.6 Å². The zero-order valence-corrected chi connectivity index (χ0v) is 8.54. The van der Waals surface area contributed by atoms with Gasteiger partial charge in [-0.2, -0.15) is 5.10 Å². The molecule has 0 radical (unpaired) electrons. The summed E-state index contributed by atoms with van der Waals surface area (Å²) in [5.41, 5.74) is 3.17. The highest BCUT2D eigenvalue weighted by Gasteiger charge is 2.01. The molecule has 4 nitrogen and oxygen atoms in total. The van der Waals surface area contributed by atoms with Crippen molar-refractivity contribution in [3.05, 3.63) is 55.0 Å². The number of nitrogens with one attached hydrogen (secondary N) is 1. The second kappa shape index (κ2) is 3.66. The van der Waals surface area contributed by atoms with Crippen LogP contribution in [0.1, 0.15) is 0 Å². The van der Waals surface area contributed by atoms with Crippen molar-refractivity contribution in [1.82, 2.24) is 14.9 Å². The molecule has 0 fully saturated rings. The standard InChI is InChI=1S/C12H10N4/c1-2-6-11-10(5-1)9-13-14-12(11)15-16-7-3-4-8-16/h1-9H,(H,14,15). The second-order valence-corrected chi connectivity index (χ2v) is 3.48. The zero-order chi connectivity index (χ0) is 10.8. The lowest BCUT2D eigenvalue weighted by molar-refractivity contribution is 0.929. The summed E-state index contributed by atoms with van der Waals surface area (Å²) >= 11 is 0. The van der Waals surface area contributed by atoms with Crippen LogP contribution in [-0.2, 0) is 0 Å². The molecule has 3 aromatic rings. The quantitative estimate of drug-likeness (QED) is 0.705. The Kier molecular flexibility index (Phi) is 2.04. The van der Waals surface area contributed by atoms with E-state index in [9.17, 15) is 0 Å². The van der Waals surface area contributed by atoms with Crippen molar-refractivity contribution in [1.29, 1.82) is 0 Å². The van der Waals surface area contributed by atoms with E-state index in [1.54, 1.807) is 6.20 Å². The van der Waals surface area contributed by atoms with Gasteiger partial charge in [0.25, 0.3) is 0 Å². The largest absolute Gasteiger partial charge is 0.276 e. The lowest BCUT2D eigenvalue weighted by Crippen LogP contribution is -2.08. The van der Waals surface area contributed by atoms with Crippen molar-refractivity contribution in [2.24, 2.45) is 0 Å². The zero-order valence-electron chi connectivity index (χ0n) is 8.54. The minimum atomic E-state index is 0.759. The molecule has 2 aromatic heterocycles. The SMILES string of the molecule is c1ccc2c(Nn3cccc3)nncc2c1. The Balaban J connectivity index is 2.10. The van der Waals surface area contributed by atoms with Crippen LogP contribution in [0.5, 0.6) is 0 Å². The molecule has 3 rings (SSSR count). The Hall–Kier alpha value is -2.36. The van der Waals surface area contributed by atoms with E-state index < -0.39 is 0 Å². The molecule has 0 saturated heterocycles. The van der Waals surface area contributed by atoms with E-state index in [4.69, 9.17) is 0 Å². The van der Waals surface area contributed by atoms with Crippen LogP contribution in [0.3, 0.4) is 0 Å². The maximum Gasteiger partial charge on any atom is 0.175 e. The number of hydrogen-bond donors (Lipinski definition) is 1. The molecule has 1 N–H and O–H groups in total. The molecule has 16 heavy (non-hydrogen) atoms. The molecule has 0 aliphatic heterocycles. The monoisotopic (exact) mass is 210 g/mol. The third kappa shape index (κ3) is 1.50. The average molecular weight is 210 g/mol. The molecule has 0 unspecified atom stereocenters. The van der Waals surface area contributed by atoms with Crippen molar-refractivity contribution in [3.8, 4) is 0 Å². The fraction of sp³-hybridized carbons (Fsp3) is 0. The van der Waals surface area contributed by atoms with Crippen molar-refractivity contribution < 1.29 is 0 Å². The summed E-state index contributed by atoms with van der Waals surface area (Å²) in [6.07, 6.45) is 5.60. The highest BCUT2D eigenvalue weighted by atomic mass is 15.4. The van der Waals surface area contributed by atoms with E-state index in [1.807, 2.05) is 53.5 Å². The van der Waals surface area contributed by atoms with Crippen LogP contribution in [0, 0.1) is 0 Å². The summed E-state index contributed by atoms with van der Waals surface area (Å²) in [6.45, 7) is 0. The number of anilines is 1. The van der Waals surface area contributed by atoms with Crippen LogP contribution < -0.4 is 5.43 Å². The molecule has 4 heteroatoms. The summed E-state index contributed by atoms with van der Waals surface area (Å²) < 4.78 is 1.84. The third-order valence-corrected chi connectivity index (χ3v) is 2.41. The number of rotatable bonds is 2. The average Bonchev–Trinajstić information content (AvgIpc) is 2.82. The van der Waals surface area contributed by atoms with Crippen LogP contribution in [0.15, 0.2) is 55.0 Å². The normalized spacial score (nSPS) is 10.5. The molecule has 0 saturated carbocycles. The van der Waals surface area contributed by atoms with Gasteiger partial charge in [-0.05, 0) is 12.1 Å². The first-order valence-corrected chi connectivity index (χ1v) is 5.04. The second-order valence-electron chi connectivity index (χ2n) is 3.48. The number of benzene rings is 1. The maximum atomic E-state index is 4.10. The van der Waals surface area contributed by atoms with Gasteiger partial charge in [0.05, 0.1) is 6.20 Å². The van der Waals surface area contributed by atoms with Crippen molar-refractivity contribution in [2.75, 3.05) is 5.43 Å². The highest BCUT2D eigenvalue weighted by Crippen LogP contribution is 2.19. The minimum Gasteiger partial charge on any atom is -0.276 e. The lowest BCUT2D eigenvalue weighted by Gasteiger charge is -2.08. The smallest absolute Gasteiger partial charge is 0.175 e. The molecular weight excluding hydrogens is 200 g/mol. The minimum absolute atomic E-state index is 0.759. The first kappa shape index (κ1) is 8.91. The number of hydrogen-bond acceptors (Lipinski definition) is 3. The summed E-state index contributed by atoms with van der Waals surface area (Å²) in [6, 6.07) is 11.9. The van der Waals surface area contributed by atoms with Crippen molar-refractivity contribution in [3.63, 3.8) is 0 Å². The van der Waals surface area contributed by atoms with E-state index in [2.05, 4.69) is 15.6 Å². The molecule has 0 aliphatic rings. The Morgan fingerprint density at radius 1 is 1.00 bits per heavy atom. The first-order valence-electron chi connectivity index (χ1n) is 5.04. The highest BCUT2D eigenvalue weighted by molar-refractivity contribution is 5.90. The molecule has 78 valence electrons. The molecule has 0 aliphatic carbocycles. The molecule has 0 spiro atoms. The van der Waals surface area contributed by atoms with Gasteiger partial charge in [0, 0.05) is 23.2 Å². The molecule has 0 bridgehead atoms. The van der Waals surface area contributed by atoms with E-state index in [1.165, 1.54) is 0 Å². The van der Waals surface area contributed by atoms with Gasteiger partial charge in [-0.25, -0.2) is 0 Å². The van der Waals surface area contributed by atoms with Crippen molar-refractivity contribution >= 4 is 16.6 Å². The molecule has 0 atom stereocenters. The Labute approximate surface area is 92.5 Å². The van der Waals surface area contributed by atoms with Crippen molar-refractivity contribution in [2.45, 2.75) is 0 Å². The topological polar surface area (TPSA) is 42.7 Å². The van der Waals surface area contributed by atoms with Gasteiger partial charge in [-0.15, -0.1) is 5.10 Å². The Morgan fingerprint density at radius 2 is 1.81 bits per heavy atom. The van der Waals surface area contributed by atoms with Gasteiger partial charge in [0.2, 0.25) is 0 Å². The maximum absolute atomic E-state index is 4.10. The molecular formula is C12H10N4. The Bertz CT molecular complexity index is 596. The van der Waals surface area contributed by atoms with E-state index >= 15 is 0 Å². The fourth-order valence-electron chi connectivity index (χ4n) is 1.64. The predicted molar refractivity (Wildman–Crippen MR) is 63.0 cm³/mol. The summed E-state index contributed by atoms with van der Waals surface area (Å²) in [4.78, 5) is 0. The van der Waals surface area contributed by atoms with E-state index in [0.29, 0.717) is 0 Å². The molecule has 1 aromatic carbocycles. The van der Waals surface area contributed by atoms with Crippen LogP contribution in [-0.4, -0.2) is 14.9 Å². The van der Waals surface area contributed by atoms with Gasteiger partial charge < -0.3 is 0 Å². The first-order chi connectivity index (χ1) is 7.93. The lowest BCUT2D eigenvalue weighted by atomic mass is 10.2. The van der Waals surface area contributed by atoms with Gasteiger partial charge >= 0.3 is 0 Å². The van der Waals surface area contributed by atoms with Gasteiger partial charge in [0.15, 0.2) is 5.82 Å². The summed E-state index contributed by atoms with van der Waals surface area (Å²) in [5, 5.41) is 10.2. The van der Waals surface area contributed by atoms with Crippen LogP contribution in [0.2, 0.25) is 0 Å². The summed E-state index contributed by atoms with van der Waals surface area (Å²) in [5.74, 6) is 0.759. The molecule has 0 amide bonds. The predicted octanol–water partition coefficient (Wildman–Crippen LogP) is 2.31. The third-order valence-electron chi connectivity index (χ3n) is 2.41. The Morgan fingerprint density at radius 3 is 2.69 bits per heavy atom. The number of fused-ring (bicyclic) bond motifs is 1. The van der Waals surface area contributed by atoms with Crippen LogP contribution >= 0.6 is 0 Å². The van der Waals surface area contributed by atoms with Gasteiger partial charge in [0.1, 0.15) is 0 Å². The van der Waals surface area contributed by atoms with Crippen LogP contribution in [0.4, 0.5) is 5.82 Å². The van der Waals surface area contributed by atoms with E-state index in [-0.39, 0.29) is 0 Å². The summed E-state index contributed by atoms with van der Waals surface area (Å²) in [7, 11) is 0. The van der Waals surface area contributed by atoms with Gasteiger partial charge in [-0.3, -0.25) is 10.1 Å². The van der Waals surface area contributed by atoms with Gasteiger partial charge in [-0.1, -0.05) is 24.3 Å². The number of aromatic nitrogens is 3. The van der Waals surface area contributed by atoms with Crippen LogP contribution in [0.25, 0.3) is 10.8 Å². The number of nitrogens with zero attached hydrogens (tertiary/aromatic N) is 3. The molecule has 2 heterocycles. The fourth-order valence-corrected chi connectivity index (χ4v) is 1.64.